The second kappa shape index (κ2) is 5.41. The van der Waals surface area contributed by atoms with Crippen molar-refractivity contribution < 1.29 is 14.6 Å². The van der Waals surface area contributed by atoms with Crippen molar-refractivity contribution in [3.05, 3.63) is 59.7 Å². The van der Waals surface area contributed by atoms with E-state index in [1.54, 1.807) is 14.0 Å². The summed E-state index contributed by atoms with van der Waals surface area (Å²) in [4.78, 5) is 0. The van der Waals surface area contributed by atoms with E-state index < -0.39 is 5.60 Å². The first-order chi connectivity index (χ1) is 10.1. The summed E-state index contributed by atoms with van der Waals surface area (Å²) in [6.45, 7) is 1.80. The Morgan fingerprint density at radius 2 is 1.71 bits per heavy atom. The van der Waals surface area contributed by atoms with E-state index in [4.69, 9.17) is 9.47 Å². The summed E-state index contributed by atoms with van der Waals surface area (Å²) >= 11 is 0. The lowest BCUT2D eigenvalue weighted by Gasteiger charge is -2.25. The fraction of sp³-hybridized carbons (Fsp3) is 0.333. The molecule has 1 aliphatic carbocycles. The second-order valence-corrected chi connectivity index (χ2v) is 5.65. The van der Waals surface area contributed by atoms with Gasteiger partial charge in [0.2, 0.25) is 0 Å². The van der Waals surface area contributed by atoms with Crippen molar-refractivity contribution in [2.45, 2.75) is 31.5 Å². The van der Waals surface area contributed by atoms with Gasteiger partial charge in [-0.2, -0.15) is 0 Å². The van der Waals surface area contributed by atoms with Gasteiger partial charge < -0.3 is 14.6 Å². The molecule has 0 amide bonds. The molecule has 1 atom stereocenters. The molecule has 0 spiro atoms. The van der Waals surface area contributed by atoms with Crippen LogP contribution in [0.3, 0.4) is 0 Å². The van der Waals surface area contributed by atoms with Crippen molar-refractivity contribution in [2.75, 3.05) is 7.11 Å². The summed E-state index contributed by atoms with van der Waals surface area (Å²) in [5.41, 5.74) is 0.590. The molecule has 2 aromatic carbocycles. The molecule has 1 saturated carbocycles. The normalized spacial score (nSPS) is 17.1. The van der Waals surface area contributed by atoms with Gasteiger partial charge in [0.1, 0.15) is 17.1 Å². The van der Waals surface area contributed by atoms with E-state index in [1.807, 2.05) is 48.5 Å². The predicted molar refractivity (Wildman–Crippen MR) is 81.8 cm³/mol. The maximum absolute atomic E-state index is 10.9. The fourth-order valence-electron chi connectivity index (χ4n) is 2.33. The molecule has 3 nitrogen and oxygen atoms in total. The van der Waals surface area contributed by atoms with Crippen LogP contribution in [0, 0.1) is 0 Å². The molecule has 0 aromatic heterocycles. The molecular formula is C18H20O3. The van der Waals surface area contributed by atoms with Crippen molar-refractivity contribution >= 4 is 0 Å². The van der Waals surface area contributed by atoms with Gasteiger partial charge in [-0.05, 0) is 55.2 Å². The van der Waals surface area contributed by atoms with E-state index in [0.29, 0.717) is 6.10 Å². The molecule has 0 aliphatic heterocycles. The maximum atomic E-state index is 10.9. The molecule has 3 rings (SSSR count). The SMILES string of the molecule is COc1ccc(C(C)(O)c2cccc(OC3CC3)c2)cc1. The van der Waals surface area contributed by atoms with Crippen LogP contribution in [0.5, 0.6) is 11.5 Å². The molecule has 3 heteroatoms. The van der Waals surface area contributed by atoms with Crippen molar-refractivity contribution in [2.24, 2.45) is 0 Å². The Bertz CT molecular complexity index is 613. The fourth-order valence-corrected chi connectivity index (χ4v) is 2.33. The zero-order chi connectivity index (χ0) is 14.9. The Hall–Kier alpha value is -2.00. The second-order valence-electron chi connectivity index (χ2n) is 5.65. The standard InChI is InChI=1S/C18H20O3/c1-18(19,13-6-8-15(20-2)9-7-13)14-4-3-5-17(12-14)21-16-10-11-16/h3-9,12,16,19H,10-11H2,1-2H3. The van der Waals surface area contributed by atoms with Crippen molar-refractivity contribution in [3.8, 4) is 11.5 Å². The maximum Gasteiger partial charge on any atom is 0.120 e. The Kier molecular flexibility index (Phi) is 3.60. The molecule has 1 fully saturated rings. The first kappa shape index (κ1) is 14.0. The van der Waals surface area contributed by atoms with E-state index in [1.165, 1.54) is 0 Å². The summed E-state index contributed by atoms with van der Waals surface area (Å²) in [5.74, 6) is 1.60. The number of benzene rings is 2. The average molecular weight is 284 g/mol. The van der Waals surface area contributed by atoms with Gasteiger partial charge in [0.05, 0.1) is 13.2 Å². The quantitative estimate of drug-likeness (QED) is 0.913. The highest BCUT2D eigenvalue weighted by Gasteiger charge is 2.27. The van der Waals surface area contributed by atoms with Gasteiger partial charge in [-0.1, -0.05) is 24.3 Å². The van der Waals surface area contributed by atoms with Crippen LogP contribution in [0.1, 0.15) is 30.9 Å². The molecule has 1 aliphatic rings. The van der Waals surface area contributed by atoms with Gasteiger partial charge in [0, 0.05) is 0 Å². The lowest BCUT2D eigenvalue weighted by Crippen LogP contribution is -2.22. The Morgan fingerprint density at radius 3 is 2.33 bits per heavy atom. The minimum absolute atomic E-state index is 0.353. The van der Waals surface area contributed by atoms with Crippen LogP contribution >= 0.6 is 0 Å². The molecule has 21 heavy (non-hydrogen) atoms. The summed E-state index contributed by atoms with van der Waals surface area (Å²) < 4.78 is 11.0. The Balaban J connectivity index is 1.88. The van der Waals surface area contributed by atoms with E-state index in [9.17, 15) is 5.11 Å². The van der Waals surface area contributed by atoms with Crippen LogP contribution in [-0.2, 0) is 5.60 Å². The van der Waals surface area contributed by atoms with E-state index in [0.717, 1.165) is 35.5 Å². The zero-order valence-electron chi connectivity index (χ0n) is 12.4. The van der Waals surface area contributed by atoms with Crippen LogP contribution in [0.25, 0.3) is 0 Å². The van der Waals surface area contributed by atoms with Gasteiger partial charge in [-0.25, -0.2) is 0 Å². The van der Waals surface area contributed by atoms with Crippen molar-refractivity contribution in [1.29, 1.82) is 0 Å². The van der Waals surface area contributed by atoms with E-state index in [2.05, 4.69) is 0 Å². The smallest absolute Gasteiger partial charge is 0.120 e. The van der Waals surface area contributed by atoms with Crippen molar-refractivity contribution in [1.82, 2.24) is 0 Å². The van der Waals surface area contributed by atoms with E-state index >= 15 is 0 Å². The number of hydrogen-bond acceptors (Lipinski definition) is 3. The first-order valence-electron chi connectivity index (χ1n) is 7.24. The number of ether oxygens (including phenoxy) is 2. The summed E-state index contributed by atoms with van der Waals surface area (Å²) in [5, 5.41) is 10.9. The van der Waals surface area contributed by atoms with Crippen LogP contribution in [0.4, 0.5) is 0 Å². The number of aliphatic hydroxyl groups is 1. The van der Waals surface area contributed by atoms with Crippen LogP contribution < -0.4 is 9.47 Å². The van der Waals surface area contributed by atoms with Crippen LogP contribution in [-0.4, -0.2) is 18.3 Å². The van der Waals surface area contributed by atoms with Crippen LogP contribution in [0.2, 0.25) is 0 Å². The number of rotatable bonds is 5. The highest BCUT2D eigenvalue weighted by Crippen LogP contribution is 2.33. The molecule has 1 unspecified atom stereocenters. The molecular weight excluding hydrogens is 264 g/mol. The number of hydrogen-bond donors (Lipinski definition) is 1. The molecule has 0 saturated heterocycles. The average Bonchev–Trinajstić information content (AvgIpc) is 3.31. The highest BCUT2D eigenvalue weighted by molar-refractivity contribution is 5.41. The third kappa shape index (κ3) is 3.03. The zero-order valence-corrected chi connectivity index (χ0v) is 12.4. The highest BCUT2D eigenvalue weighted by atomic mass is 16.5. The molecule has 2 aromatic rings. The van der Waals surface area contributed by atoms with Gasteiger partial charge in [-0.3, -0.25) is 0 Å². The third-order valence-electron chi connectivity index (χ3n) is 3.88. The molecule has 110 valence electrons. The summed E-state index contributed by atoms with van der Waals surface area (Å²) in [6, 6.07) is 15.2. The Morgan fingerprint density at radius 1 is 1.00 bits per heavy atom. The molecule has 0 radical (unpaired) electrons. The van der Waals surface area contributed by atoms with Crippen molar-refractivity contribution in [3.63, 3.8) is 0 Å². The predicted octanol–water partition coefficient (Wildman–Crippen LogP) is 3.49. The summed E-state index contributed by atoms with van der Waals surface area (Å²) in [6.07, 6.45) is 2.60. The molecule has 0 bridgehead atoms. The third-order valence-corrected chi connectivity index (χ3v) is 3.88. The molecule has 0 heterocycles. The minimum atomic E-state index is -1.06. The monoisotopic (exact) mass is 284 g/mol. The van der Waals surface area contributed by atoms with Gasteiger partial charge in [-0.15, -0.1) is 0 Å². The minimum Gasteiger partial charge on any atom is -0.497 e. The van der Waals surface area contributed by atoms with Crippen LogP contribution in [0.15, 0.2) is 48.5 Å². The van der Waals surface area contributed by atoms with Gasteiger partial charge >= 0.3 is 0 Å². The topological polar surface area (TPSA) is 38.7 Å². The summed E-state index contributed by atoms with van der Waals surface area (Å²) in [7, 11) is 1.63. The number of methoxy groups -OCH3 is 1. The van der Waals surface area contributed by atoms with E-state index in [-0.39, 0.29) is 0 Å². The van der Waals surface area contributed by atoms with Gasteiger partial charge in [0.15, 0.2) is 0 Å². The largest absolute Gasteiger partial charge is 0.497 e. The molecule has 1 N–H and O–H groups in total. The Labute approximate surface area is 125 Å². The first-order valence-corrected chi connectivity index (χ1v) is 7.24. The lowest BCUT2D eigenvalue weighted by molar-refractivity contribution is 0.102. The van der Waals surface area contributed by atoms with Gasteiger partial charge in [0.25, 0.3) is 0 Å². The lowest BCUT2D eigenvalue weighted by atomic mass is 9.88.